The van der Waals surface area contributed by atoms with Crippen LogP contribution in [0.5, 0.6) is 0 Å². The van der Waals surface area contributed by atoms with Crippen LogP contribution in [0.25, 0.3) is 0 Å². The molecule has 0 bridgehead atoms. The first-order valence-electron chi connectivity index (χ1n) is 23.7. The summed E-state index contributed by atoms with van der Waals surface area (Å²) in [5.74, 6) is -0.238. The highest BCUT2D eigenvalue weighted by molar-refractivity contribution is 7.47. The smallest absolute Gasteiger partial charge is 0.387 e. The lowest BCUT2D eigenvalue weighted by molar-refractivity contribution is -0.123. The Hall–Kier alpha value is -2.32. The van der Waals surface area contributed by atoms with Crippen molar-refractivity contribution in [3.8, 4) is 0 Å². The van der Waals surface area contributed by atoms with Gasteiger partial charge in [0, 0.05) is 13.0 Å². The molecule has 0 radical (unpaired) electrons. The van der Waals surface area contributed by atoms with Crippen molar-refractivity contribution in [3.05, 3.63) is 85.1 Å². The highest BCUT2D eigenvalue weighted by Crippen LogP contribution is 2.43. The fourth-order valence-electron chi connectivity index (χ4n) is 6.43. The van der Waals surface area contributed by atoms with Crippen molar-refractivity contribution in [3.63, 3.8) is 0 Å². The van der Waals surface area contributed by atoms with Crippen LogP contribution in [-0.4, -0.2) is 47.8 Å². The molecule has 59 heavy (non-hydrogen) atoms. The Kier molecular flexibility index (Phi) is 43.4. The molecule has 0 heterocycles. The Labute approximate surface area is 362 Å². The van der Waals surface area contributed by atoms with Crippen molar-refractivity contribution in [2.24, 2.45) is 5.73 Å². The average molecular weight is 845 g/mol. The molecular formula is C50H89N2O6P. The van der Waals surface area contributed by atoms with Gasteiger partial charge in [-0.2, -0.15) is 0 Å². The molecule has 0 spiro atoms. The molecule has 0 aliphatic carbocycles. The van der Waals surface area contributed by atoms with E-state index in [0.29, 0.717) is 6.42 Å². The highest BCUT2D eigenvalue weighted by atomic mass is 31.2. The van der Waals surface area contributed by atoms with E-state index in [1.165, 1.54) is 96.3 Å². The zero-order valence-corrected chi connectivity index (χ0v) is 38.6. The summed E-state index contributed by atoms with van der Waals surface area (Å²) in [5, 5.41) is 13.7. The number of phosphoric ester groups is 1. The van der Waals surface area contributed by atoms with E-state index in [1.54, 1.807) is 6.08 Å². The molecule has 0 rings (SSSR count). The second-order valence-corrected chi connectivity index (χ2v) is 17.0. The molecule has 3 atom stereocenters. The molecule has 1 amide bonds. The molecule has 0 aliphatic heterocycles. The molecule has 0 saturated heterocycles. The summed E-state index contributed by atoms with van der Waals surface area (Å²) in [6.07, 6.45) is 60.7. The fourth-order valence-corrected chi connectivity index (χ4v) is 7.19. The monoisotopic (exact) mass is 845 g/mol. The van der Waals surface area contributed by atoms with Crippen LogP contribution in [0.2, 0.25) is 0 Å². The number of carbonyl (C=O) groups is 1. The predicted octanol–water partition coefficient (Wildman–Crippen LogP) is 13.8. The molecule has 0 aliphatic rings. The molecular weight excluding hydrogens is 756 g/mol. The number of hydrogen-bond donors (Lipinski definition) is 4. The first kappa shape index (κ1) is 56.7. The number of rotatable bonds is 43. The number of nitrogens with two attached hydrogens (primary N) is 1. The van der Waals surface area contributed by atoms with Crippen LogP contribution in [0.3, 0.4) is 0 Å². The number of hydrogen-bond acceptors (Lipinski definition) is 6. The minimum absolute atomic E-state index is 0.0669. The second kappa shape index (κ2) is 45.2. The Morgan fingerprint density at radius 3 is 1.44 bits per heavy atom. The molecule has 340 valence electrons. The van der Waals surface area contributed by atoms with Crippen molar-refractivity contribution in [2.75, 3.05) is 19.8 Å². The fraction of sp³-hybridized carbons (Fsp3) is 0.700. The summed E-state index contributed by atoms with van der Waals surface area (Å²) in [7, 11) is -4.36. The van der Waals surface area contributed by atoms with E-state index < -0.39 is 20.0 Å². The summed E-state index contributed by atoms with van der Waals surface area (Å²) in [6, 6.07) is -0.889. The van der Waals surface area contributed by atoms with Gasteiger partial charge in [0.25, 0.3) is 0 Å². The van der Waals surface area contributed by atoms with E-state index in [-0.39, 0.29) is 32.1 Å². The first-order chi connectivity index (χ1) is 28.9. The minimum Gasteiger partial charge on any atom is -0.387 e. The summed E-state index contributed by atoms with van der Waals surface area (Å²) in [5.41, 5.74) is 5.38. The molecule has 0 aromatic rings. The molecule has 0 saturated carbocycles. The summed E-state index contributed by atoms with van der Waals surface area (Å²) < 4.78 is 22.2. The van der Waals surface area contributed by atoms with Gasteiger partial charge >= 0.3 is 7.82 Å². The molecule has 0 aromatic carbocycles. The number of aliphatic hydroxyl groups is 1. The van der Waals surface area contributed by atoms with Gasteiger partial charge in [0.2, 0.25) is 5.91 Å². The largest absolute Gasteiger partial charge is 0.472 e. The Balaban J connectivity index is 4.28. The lowest BCUT2D eigenvalue weighted by Crippen LogP contribution is -2.45. The standard InChI is InChI=1S/C50H89N2O6P/c1-3-5-7-9-11-13-15-17-19-21-23-24-26-28-30-32-34-36-38-40-42-44-50(54)52-48(47-58-59(55,56)57-46-45-51)49(53)43-41-39-37-35-33-31-29-27-25-22-20-18-16-14-12-10-8-6-4-2/h5,7,11,13,17,19,23-24,28,30,34,36,41,43,48-49,53H,3-4,6,8-10,12,14-16,18,20-22,25-27,29,31-33,35,37-40,42,44-47,51H2,1-2H3,(H,52,54)(H,55,56)/b7-5-,13-11-,19-17-,24-23-,30-28-,36-34-,43-41+. The van der Waals surface area contributed by atoms with Gasteiger partial charge in [0.15, 0.2) is 0 Å². The van der Waals surface area contributed by atoms with Gasteiger partial charge in [0.05, 0.1) is 25.4 Å². The van der Waals surface area contributed by atoms with Crippen molar-refractivity contribution in [1.82, 2.24) is 5.32 Å². The summed E-state index contributed by atoms with van der Waals surface area (Å²) in [6.45, 7) is 3.99. The number of unbranched alkanes of at least 4 members (excludes halogenated alkanes) is 19. The summed E-state index contributed by atoms with van der Waals surface area (Å²) in [4.78, 5) is 22.8. The third-order valence-electron chi connectivity index (χ3n) is 9.98. The van der Waals surface area contributed by atoms with Crippen LogP contribution in [0.4, 0.5) is 0 Å². The van der Waals surface area contributed by atoms with Crippen molar-refractivity contribution < 1.29 is 28.4 Å². The predicted molar refractivity (Wildman–Crippen MR) is 253 cm³/mol. The number of nitrogens with one attached hydrogen (secondary N) is 1. The third-order valence-corrected chi connectivity index (χ3v) is 11.0. The number of allylic oxidation sites excluding steroid dienone is 13. The van der Waals surface area contributed by atoms with Gasteiger partial charge in [0.1, 0.15) is 0 Å². The maximum Gasteiger partial charge on any atom is 0.472 e. The third kappa shape index (κ3) is 43.6. The van der Waals surface area contributed by atoms with Crippen molar-refractivity contribution >= 4 is 13.7 Å². The minimum atomic E-state index is -4.36. The van der Waals surface area contributed by atoms with Gasteiger partial charge in [-0.1, -0.05) is 202 Å². The maximum atomic E-state index is 12.8. The van der Waals surface area contributed by atoms with Gasteiger partial charge in [-0.3, -0.25) is 13.8 Å². The first-order valence-corrected chi connectivity index (χ1v) is 25.2. The van der Waals surface area contributed by atoms with Gasteiger partial charge < -0.3 is 21.1 Å². The van der Waals surface area contributed by atoms with Crippen LogP contribution in [0.15, 0.2) is 85.1 Å². The topological polar surface area (TPSA) is 131 Å². The lowest BCUT2D eigenvalue weighted by atomic mass is 10.0. The van der Waals surface area contributed by atoms with Crippen molar-refractivity contribution in [2.45, 2.75) is 206 Å². The number of aliphatic hydroxyl groups excluding tert-OH is 1. The van der Waals surface area contributed by atoms with E-state index >= 15 is 0 Å². The quantitative estimate of drug-likeness (QED) is 0.0273. The SMILES string of the molecule is CC/C=C\C/C=C\C/C=C\C/C=C\C/C=C\C/C=C\CCCCC(=O)NC(COP(=O)(O)OCCN)C(O)/C=C/CCCCCCCCCCCCCCCCCCC. The van der Waals surface area contributed by atoms with E-state index in [0.717, 1.165) is 70.6 Å². The van der Waals surface area contributed by atoms with Crippen LogP contribution in [0, 0.1) is 0 Å². The molecule has 3 unspecified atom stereocenters. The van der Waals surface area contributed by atoms with E-state index in [4.69, 9.17) is 14.8 Å². The zero-order chi connectivity index (χ0) is 43.2. The van der Waals surface area contributed by atoms with Gasteiger partial charge in [-0.15, -0.1) is 0 Å². The van der Waals surface area contributed by atoms with Crippen molar-refractivity contribution in [1.29, 1.82) is 0 Å². The Bertz CT molecular complexity index is 1190. The van der Waals surface area contributed by atoms with Gasteiger partial charge in [-0.25, -0.2) is 4.57 Å². The zero-order valence-electron chi connectivity index (χ0n) is 37.7. The maximum absolute atomic E-state index is 12.8. The van der Waals surface area contributed by atoms with Crippen LogP contribution >= 0.6 is 7.82 Å². The van der Waals surface area contributed by atoms with E-state index in [1.807, 2.05) is 6.08 Å². The second-order valence-electron chi connectivity index (χ2n) is 15.6. The molecule has 9 heteroatoms. The molecule has 5 N–H and O–H groups in total. The van der Waals surface area contributed by atoms with Gasteiger partial charge in [-0.05, 0) is 70.6 Å². The average Bonchev–Trinajstić information content (AvgIpc) is 3.22. The van der Waals surface area contributed by atoms with Crippen LogP contribution in [0.1, 0.15) is 194 Å². The van der Waals surface area contributed by atoms with E-state index in [2.05, 4.69) is 92.1 Å². The Morgan fingerprint density at radius 1 is 0.576 bits per heavy atom. The number of carbonyl (C=O) groups excluding carboxylic acids is 1. The molecule has 0 fully saturated rings. The Morgan fingerprint density at radius 2 is 0.983 bits per heavy atom. The van der Waals surface area contributed by atoms with Crippen LogP contribution in [-0.2, 0) is 18.4 Å². The number of amides is 1. The molecule has 8 nitrogen and oxygen atoms in total. The summed E-state index contributed by atoms with van der Waals surface area (Å²) >= 11 is 0. The highest BCUT2D eigenvalue weighted by Gasteiger charge is 2.26. The lowest BCUT2D eigenvalue weighted by Gasteiger charge is -2.23. The number of phosphoric acid groups is 1. The molecule has 0 aromatic heterocycles. The normalized spacial score (nSPS) is 14.7. The van der Waals surface area contributed by atoms with E-state index in [9.17, 15) is 19.4 Å². The van der Waals surface area contributed by atoms with Crippen LogP contribution < -0.4 is 11.1 Å².